The highest BCUT2D eigenvalue weighted by molar-refractivity contribution is 7.89. The number of carbonyl (C=O) groups is 1. The van der Waals surface area contributed by atoms with Gasteiger partial charge in [0.2, 0.25) is 10.0 Å². The molecule has 9 heteroatoms. The van der Waals surface area contributed by atoms with Gasteiger partial charge in [0.25, 0.3) is 5.91 Å². The van der Waals surface area contributed by atoms with Gasteiger partial charge in [-0.15, -0.1) is 0 Å². The molecular weight excluding hydrogens is 536 g/mol. The molecule has 3 aromatic carbocycles. The van der Waals surface area contributed by atoms with Crippen LogP contribution in [0.5, 0.6) is 0 Å². The SMILES string of the molecule is CC(C)(C)NS(=O)(=O)c1ccc(C2(O)C(=O)N(Cc3ccc4nc(N5CCCC5)ccc4c3)c3ccccc32)cc1. The molecule has 0 bridgehead atoms. The quantitative estimate of drug-likeness (QED) is 0.349. The van der Waals surface area contributed by atoms with Crippen molar-refractivity contribution >= 4 is 38.3 Å². The number of sulfonamides is 1. The Morgan fingerprint density at radius 2 is 1.66 bits per heavy atom. The number of aliphatic hydroxyl groups is 1. The van der Waals surface area contributed by atoms with E-state index in [-0.39, 0.29) is 11.4 Å². The topological polar surface area (TPSA) is 103 Å². The highest BCUT2D eigenvalue weighted by Gasteiger charge is 2.51. The Bertz CT molecular complexity index is 1740. The van der Waals surface area contributed by atoms with Crippen LogP contribution in [0.25, 0.3) is 10.9 Å². The van der Waals surface area contributed by atoms with Crippen molar-refractivity contribution in [3.8, 4) is 0 Å². The molecule has 1 aromatic heterocycles. The molecule has 4 aromatic rings. The second-order valence-electron chi connectivity index (χ2n) is 11.9. The molecule has 1 fully saturated rings. The molecular formula is C32H34N4O4S. The first-order valence-corrected chi connectivity index (χ1v) is 15.4. The summed E-state index contributed by atoms with van der Waals surface area (Å²) in [6, 6.07) is 23.1. The Morgan fingerprint density at radius 3 is 2.37 bits per heavy atom. The molecule has 6 rings (SSSR count). The molecule has 1 atom stereocenters. The lowest BCUT2D eigenvalue weighted by molar-refractivity contribution is -0.132. The number of hydrogen-bond acceptors (Lipinski definition) is 6. The first-order chi connectivity index (χ1) is 19.5. The Labute approximate surface area is 240 Å². The Balaban J connectivity index is 1.30. The van der Waals surface area contributed by atoms with E-state index in [0.29, 0.717) is 16.8 Å². The van der Waals surface area contributed by atoms with Crippen molar-refractivity contribution in [3.63, 3.8) is 0 Å². The van der Waals surface area contributed by atoms with Gasteiger partial charge in [0.05, 0.1) is 22.6 Å². The number of nitrogens with one attached hydrogen (secondary N) is 1. The second-order valence-corrected chi connectivity index (χ2v) is 13.6. The highest BCUT2D eigenvalue weighted by atomic mass is 32.2. The van der Waals surface area contributed by atoms with E-state index in [1.807, 2.05) is 36.4 Å². The lowest BCUT2D eigenvalue weighted by Crippen LogP contribution is -2.41. The van der Waals surface area contributed by atoms with Gasteiger partial charge in [-0.05, 0) is 87.2 Å². The minimum Gasteiger partial charge on any atom is -0.372 e. The third-order valence-corrected chi connectivity index (χ3v) is 9.45. The van der Waals surface area contributed by atoms with Crippen LogP contribution in [0.4, 0.5) is 11.5 Å². The molecule has 41 heavy (non-hydrogen) atoms. The van der Waals surface area contributed by atoms with Crippen LogP contribution in [0.2, 0.25) is 0 Å². The fourth-order valence-electron chi connectivity index (χ4n) is 5.78. The van der Waals surface area contributed by atoms with Crippen molar-refractivity contribution < 1.29 is 18.3 Å². The first-order valence-electron chi connectivity index (χ1n) is 13.9. The Hall–Kier alpha value is -3.79. The van der Waals surface area contributed by atoms with Gasteiger partial charge < -0.3 is 14.9 Å². The molecule has 2 N–H and O–H groups in total. The molecule has 0 saturated carbocycles. The number of carbonyl (C=O) groups excluding carboxylic acids is 1. The molecule has 2 aliphatic heterocycles. The summed E-state index contributed by atoms with van der Waals surface area (Å²) in [4.78, 5) is 22.7. The molecule has 1 unspecified atom stereocenters. The van der Waals surface area contributed by atoms with Crippen molar-refractivity contribution in [1.82, 2.24) is 9.71 Å². The van der Waals surface area contributed by atoms with E-state index in [1.165, 1.54) is 37.1 Å². The van der Waals surface area contributed by atoms with Gasteiger partial charge in [0.15, 0.2) is 5.60 Å². The van der Waals surface area contributed by atoms with Crippen LogP contribution >= 0.6 is 0 Å². The van der Waals surface area contributed by atoms with Crippen LogP contribution in [-0.2, 0) is 27.0 Å². The molecule has 2 aliphatic rings. The van der Waals surface area contributed by atoms with E-state index in [1.54, 1.807) is 37.8 Å². The zero-order valence-corrected chi connectivity index (χ0v) is 24.3. The number of para-hydroxylation sites is 1. The first kappa shape index (κ1) is 27.4. The summed E-state index contributed by atoms with van der Waals surface area (Å²) in [6.45, 7) is 7.63. The van der Waals surface area contributed by atoms with Gasteiger partial charge in [-0.3, -0.25) is 4.79 Å². The summed E-state index contributed by atoms with van der Waals surface area (Å²) >= 11 is 0. The van der Waals surface area contributed by atoms with Crippen molar-refractivity contribution in [2.24, 2.45) is 0 Å². The average molecular weight is 571 g/mol. The second kappa shape index (κ2) is 9.94. The largest absolute Gasteiger partial charge is 0.372 e. The zero-order valence-electron chi connectivity index (χ0n) is 23.5. The lowest BCUT2D eigenvalue weighted by atomic mass is 9.87. The normalized spacial score (nSPS) is 19.3. The zero-order chi connectivity index (χ0) is 29.0. The van der Waals surface area contributed by atoms with E-state index in [9.17, 15) is 18.3 Å². The third-order valence-electron chi connectivity index (χ3n) is 7.67. The molecule has 0 radical (unpaired) electrons. The molecule has 1 amide bonds. The molecule has 1 saturated heterocycles. The van der Waals surface area contributed by atoms with E-state index in [2.05, 4.69) is 15.7 Å². The van der Waals surface area contributed by atoms with Crippen molar-refractivity contribution in [1.29, 1.82) is 0 Å². The van der Waals surface area contributed by atoms with Crippen LogP contribution in [0.1, 0.15) is 50.3 Å². The van der Waals surface area contributed by atoms with Gasteiger partial charge in [-0.25, -0.2) is 18.1 Å². The Morgan fingerprint density at radius 1 is 0.951 bits per heavy atom. The number of hydrogen-bond donors (Lipinski definition) is 2. The summed E-state index contributed by atoms with van der Waals surface area (Å²) in [6.07, 6.45) is 2.38. The molecule has 0 spiro atoms. The van der Waals surface area contributed by atoms with Crippen LogP contribution in [-0.4, -0.2) is 43.0 Å². The minimum atomic E-state index is -3.76. The maximum absolute atomic E-state index is 13.9. The smallest absolute Gasteiger partial charge is 0.268 e. The van der Waals surface area contributed by atoms with Gasteiger partial charge in [-0.1, -0.05) is 36.4 Å². The number of anilines is 2. The maximum atomic E-state index is 13.9. The predicted octanol–water partition coefficient (Wildman–Crippen LogP) is 4.69. The van der Waals surface area contributed by atoms with Gasteiger partial charge in [-0.2, -0.15) is 0 Å². The number of pyridine rings is 1. The van der Waals surface area contributed by atoms with Crippen LogP contribution in [0.15, 0.2) is 83.8 Å². The fraction of sp³-hybridized carbons (Fsp3) is 0.312. The highest BCUT2D eigenvalue weighted by Crippen LogP contribution is 2.45. The number of aromatic nitrogens is 1. The summed E-state index contributed by atoms with van der Waals surface area (Å²) in [5, 5.41) is 12.9. The van der Waals surface area contributed by atoms with E-state index in [4.69, 9.17) is 4.98 Å². The number of rotatable bonds is 6. The third kappa shape index (κ3) is 4.98. The van der Waals surface area contributed by atoms with Crippen LogP contribution < -0.4 is 14.5 Å². The number of fused-ring (bicyclic) bond motifs is 2. The monoisotopic (exact) mass is 570 g/mol. The van der Waals surface area contributed by atoms with E-state index >= 15 is 0 Å². The standard InChI is InChI=1S/C32H34N4O4S/c1-31(2,3)34-41(39,40)25-14-12-24(13-15-25)32(38)26-8-4-5-9-28(26)36(30(32)37)21-22-10-16-27-23(20-22)11-17-29(33-27)35-18-6-7-19-35/h4-5,8-17,20,34,38H,6-7,18-19,21H2,1-3H3. The van der Waals surface area contributed by atoms with Crippen molar-refractivity contribution in [2.45, 2.75) is 56.2 Å². The molecule has 8 nitrogen and oxygen atoms in total. The van der Waals surface area contributed by atoms with Gasteiger partial charge in [0.1, 0.15) is 5.82 Å². The summed E-state index contributed by atoms with van der Waals surface area (Å²) in [7, 11) is -3.76. The number of benzene rings is 3. The van der Waals surface area contributed by atoms with Crippen molar-refractivity contribution in [2.75, 3.05) is 22.9 Å². The van der Waals surface area contributed by atoms with Gasteiger partial charge in [0, 0.05) is 29.6 Å². The van der Waals surface area contributed by atoms with Gasteiger partial charge >= 0.3 is 0 Å². The molecule has 3 heterocycles. The van der Waals surface area contributed by atoms with Crippen molar-refractivity contribution in [3.05, 3.63) is 95.6 Å². The van der Waals surface area contributed by atoms with Crippen LogP contribution in [0, 0.1) is 0 Å². The minimum absolute atomic E-state index is 0.0630. The average Bonchev–Trinajstić information content (AvgIpc) is 3.55. The lowest BCUT2D eigenvalue weighted by Gasteiger charge is -2.25. The predicted molar refractivity (Wildman–Crippen MR) is 160 cm³/mol. The summed E-state index contributed by atoms with van der Waals surface area (Å²) in [5.74, 6) is 0.509. The maximum Gasteiger partial charge on any atom is 0.268 e. The molecule has 0 aliphatic carbocycles. The fourth-order valence-corrected chi connectivity index (χ4v) is 7.19. The molecule has 212 valence electrons. The van der Waals surface area contributed by atoms with Crippen LogP contribution in [0.3, 0.4) is 0 Å². The number of nitrogens with zero attached hydrogens (tertiary/aromatic N) is 3. The Kier molecular flexibility index (Phi) is 6.64. The van der Waals surface area contributed by atoms with E-state index < -0.39 is 27.1 Å². The summed E-state index contributed by atoms with van der Waals surface area (Å²) in [5.41, 5.74) is 0.614. The summed E-state index contributed by atoms with van der Waals surface area (Å²) < 4.78 is 28.2. The number of amides is 1. The van der Waals surface area contributed by atoms with E-state index in [0.717, 1.165) is 35.4 Å².